The number of rotatable bonds is 7. The first-order chi connectivity index (χ1) is 15.5. The van der Waals surface area contributed by atoms with Gasteiger partial charge in [-0.15, -0.1) is 0 Å². The summed E-state index contributed by atoms with van der Waals surface area (Å²) in [6.45, 7) is 0. The summed E-state index contributed by atoms with van der Waals surface area (Å²) >= 11 is 12.3. The molecule has 3 aromatic carbocycles. The fraction of sp³-hybridized carbons (Fsp3) is 0. The van der Waals surface area contributed by atoms with Crippen LogP contribution in [0.1, 0.15) is 0 Å². The molecular weight excluding hydrogens is 451 g/mol. The molecule has 0 aliphatic carbocycles. The van der Waals surface area contributed by atoms with E-state index in [1.54, 1.807) is 23.2 Å². The Bertz CT molecular complexity index is 1200. The quantitative estimate of drug-likeness (QED) is 0.234. The molecule has 0 fully saturated rings. The van der Waals surface area contributed by atoms with Gasteiger partial charge in [-0.1, -0.05) is 65.7 Å². The summed E-state index contributed by atoms with van der Waals surface area (Å²) in [4.78, 5) is 19.6. The van der Waals surface area contributed by atoms with E-state index in [4.69, 9.17) is 23.2 Å². The van der Waals surface area contributed by atoms with Crippen molar-refractivity contribution >= 4 is 57.6 Å². The number of benzene rings is 3. The highest BCUT2D eigenvalue weighted by atomic mass is 35.5. The summed E-state index contributed by atoms with van der Waals surface area (Å²) in [5, 5.41) is 17.1. The zero-order chi connectivity index (χ0) is 22.5. The second-order valence-electron chi connectivity index (χ2n) is 6.52. The largest absolute Gasteiger partial charge is 0.355 e. The zero-order valence-corrected chi connectivity index (χ0v) is 18.0. The van der Waals surface area contributed by atoms with Crippen LogP contribution in [0, 0.1) is 10.1 Å². The van der Waals surface area contributed by atoms with Gasteiger partial charge in [0.15, 0.2) is 0 Å². The minimum absolute atomic E-state index is 0.00152. The third-order valence-corrected chi connectivity index (χ3v) is 5.27. The van der Waals surface area contributed by atoms with E-state index in [1.165, 1.54) is 6.33 Å². The summed E-state index contributed by atoms with van der Waals surface area (Å²) < 4.78 is 0. The van der Waals surface area contributed by atoms with Crippen molar-refractivity contribution < 1.29 is 4.92 Å². The second kappa shape index (κ2) is 9.51. The third kappa shape index (κ3) is 4.56. The van der Waals surface area contributed by atoms with Crippen molar-refractivity contribution in [3.05, 3.63) is 105 Å². The van der Waals surface area contributed by atoms with Gasteiger partial charge in [0.2, 0.25) is 11.6 Å². The molecular formula is C22H16Cl2N6O2. The minimum atomic E-state index is -0.558. The number of halogens is 2. The van der Waals surface area contributed by atoms with Crippen LogP contribution in [0.5, 0.6) is 0 Å². The number of nitrogens with zero attached hydrogens (tertiary/aromatic N) is 4. The lowest BCUT2D eigenvalue weighted by molar-refractivity contribution is -0.383. The van der Waals surface area contributed by atoms with E-state index in [2.05, 4.69) is 20.7 Å². The number of nitrogens with one attached hydrogen (secondary N) is 2. The van der Waals surface area contributed by atoms with Crippen LogP contribution in [-0.2, 0) is 0 Å². The van der Waals surface area contributed by atoms with Gasteiger partial charge in [-0.05, 0) is 36.4 Å². The number of para-hydroxylation sites is 2. The van der Waals surface area contributed by atoms with Crippen LogP contribution in [0.25, 0.3) is 0 Å². The van der Waals surface area contributed by atoms with E-state index in [-0.39, 0.29) is 22.3 Å². The zero-order valence-electron chi connectivity index (χ0n) is 16.4. The van der Waals surface area contributed by atoms with Crippen LogP contribution in [0.2, 0.25) is 10.0 Å². The molecule has 0 spiro atoms. The Kier molecular flexibility index (Phi) is 6.34. The minimum Gasteiger partial charge on any atom is -0.333 e. The number of anilines is 5. The van der Waals surface area contributed by atoms with Gasteiger partial charge >= 0.3 is 5.69 Å². The highest BCUT2D eigenvalue weighted by molar-refractivity contribution is 6.43. The first-order valence-corrected chi connectivity index (χ1v) is 10.2. The number of hydrazine groups is 1. The van der Waals surface area contributed by atoms with E-state index < -0.39 is 4.92 Å². The smallest absolute Gasteiger partial charge is 0.333 e. The Morgan fingerprint density at radius 2 is 1.41 bits per heavy atom. The van der Waals surface area contributed by atoms with Crippen LogP contribution < -0.4 is 15.8 Å². The van der Waals surface area contributed by atoms with Gasteiger partial charge in [0.1, 0.15) is 6.33 Å². The van der Waals surface area contributed by atoms with Crippen molar-refractivity contribution in [2.75, 3.05) is 15.8 Å². The molecule has 0 atom stereocenters. The van der Waals surface area contributed by atoms with Crippen molar-refractivity contribution in [3.8, 4) is 0 Å². The van der Waals surface area contributed by atoms with E-state index in [0.29, 0.717) is 10.7 Å². The second-order valence-corrected chi connectivity index (χ2v) is 7.31. The molecule has 0 aliphatic heterocycles. The van der Waals surface area contributed by atoms with Crippen LogP contribution >= 0.6 is 23.2 Å². The Balaban J connectivity index is 1.76. The Hall–Kier alpha value is -3.88. The van der Waals surface area contributed by atoms with Crippen molar-refractivity contribution in [2.45, 2.75) is 0 Å². The van der Waals surface area contributed by atoms with E-state index in [9.17, 15) is 10.1 Å². The topological polar surface area (TPSA) is 96.2 Å². The van der Waals surface area contributed by atoms with Gasteiger partial charge in [0.05, 0.1) is 32.0 Å². The van der Waals surface area contributed by atoms with Gasteiger partial charge < -0.3 is 5.32 Å². The Morgan fingerprint density at radius 1 is 0.812 bits per heavy atom. The van der Waals surface area contributed by atoms with Gasteiger partial charge in [0, 0.05) is 0 Å². The monoisotopic (exact) mass is 466 g/mol. The normalized spacial score (nSPS) is 10.4. The average molecular weight is 467 g/mol. The molecule has 10 heteroatoms. The summed E-state index contributed by atoms with van der Waals surface area (Å²) in [6, 6.07) is 23.7. The maximum Gasteiger partial charge on any atom is 0.355 e. The molecule has 0 aliphatic rings. The first kappa shape index (κ1) is 21.4. The van der Waals surface area contributed by atoms with Crippen LogP contribution in [0.15, 0.2) is 85.2 Å². The van der Waals surface area contributed by atoms with Crippen LogP contribution in [-0.4, -0.2) is 14.9 Å². The fourth-order valence-electron chi connectivity index (χ4n) is 2.99. The highest BCUT2D eigenvalue weighted by Crippen LogP contribution is 2.37. The number of hydrogen-bond acceptors (Lipinski definition) is 7. The summed E-state index contributed by atoms with van der Waals surface area (Å²) in [6.07, 6.45) is 1.23. The van der Waals surface area contributed by atoms with Gasteiger partial charge in [-0.2, -0.15) is 0 Å². The first-order valence-electron chi connectivity index (χ1n) is 9.42. The van der Waals surface area contributed by atoms with Crippen molar-refractivity contribution in [2.24, 2.45) is 0 Å². The molecule has 160 valence electrons. The molecule has 0 unspecified atom stereocenters. The molecule has 0 amide bonds. The Morgan fingerprint density at radius 3 is 2.00 bits per heavy atom. The number of hydrogen-bond donors (Lipinski definition) is 2. The lowest BCUT2D eigenvalue weighted by atomic mass is 10.2. The lowest BCUT2D eigenvalue weighted by Crippen LogP contribution is -2.26. The van der Waals surface area contributed by atoms with Crippen molar-refractivity contribution in [1.82, 2.24) is 9.97 Å². The highest BCUT2D eigenvalue weighted by Gasteiger charge is 2.26. The van der Waals surface area contributed by atoms with E-state index in [0.717, 1.165) is 11.4 Å². The van der Waals surface area contributed by atoms with Gasteiger partial charge in [-0.25, -0.2) is 9.97 Å². The molecule has 0 saturated carbocycles. The Labute approximate surface area is 193 Å². The molecule has 0 bridgehead atoms. The van der Waals surface area contributed by atoms with Crippen LogP contribution in [0.3, 0.4) is 0 Å². The number of nitro groups is 1. The maximum absolute atomic E-state index is 12.0. The molecule has 4 rings (SSSR count). The molecule has 4 aromatic rings. The molecule has 0 saturated heterocycles. The fourth-order valence-corrected chi connectivity index (χ4v) is 3.34. The van der Waals surface area contributed by atoms with Crippen molar-refractivity contribution in [1.29, 1.82) is 0 Å². The van der Waals surface area contributed by atoms with E-state index in [1.807, 2.05) is 60.7 Å². The average Bonchev–Trinajstić information content (AvgIpc) is 2.81. The van der Waals surface area contributed by atoms with Gasteiger partial charge in [-0.3, -0.25) is 20.5 Å². The van der Waals surface area contributed by atoms with E-state index >= 15 is 0 Å². The van der Waals surface area contributed by atoms with Crippen molar-refractivity contribution in [3.63, 3.8) is 0 Å². The molecule has 1 aromatic heterocycles. The molecule has 1 heterocycles. The third-order valence-electron chi connectivity index (χ3n) is 4.46. The lowest BCUT2D eigenvalue weighted by Gasteiger charge is -2.26. The molecule has 8 nitrogen and oxygen atoms in total. The van der Waals surface area contributed by atoms with Gasteiger partial charge in [0.25, 0.3) is 0 Å². The summed E-state index contributed by atoms with van der Waals surface area (Å²) in [7, 11) is 0. The van der Waals surface area contributed by atoms with Crippen LogP contribution in [0.4, 0.5) is 34.4 Å². The standard InChI is InChI=1S/C22H16Cl2N6O2/c23-17-12-7-13-18(19(17)24)27-21-20(30(31)32)22(26-14-25-21)28-29(15-8-3-1-4-9-15)16-10-5-2-6-11-16/h1-14H,(H2,25,26,27,28). The predicted octanol–water partition coefficient (Wildman–Crippen LogP) is 6.60. The summed E-state index contributed by atoms with van der Waals surface area (Å²) in [5.74, 6) is -0.0314. The number of aromatic nitrogens is 2. The molecule has 32 heavy (non-hydrogen) atoms. The summed E-state index contributed by atoms with van der Waals surface area (Å²) in [5.41, 5.74) is 4.62. The maximum atomic E-state index is 12.0. The SMILES string of the molecule is O=[N+]([O-])c1c(Nc2cccc(Cl)c2Cl)ncnc1NN(c1ccccc1)c1ccccc1. The molecule has 2 N–H and O–H groups in total. The predicted molar refractivity (Wildman–Crippen MR) is 127 cm³/mol. The molecule has 0 radical (unpaired) electrons.